The molecular formula is C114H69N3S6. The molecule has 27 aromatic rings. The number of nitrogens with zero attached hydrogens (tertiary/aromatic N) is 3. The van der Waals surface area contributed by atoms with Gasteiger partial charge in [-0.3, -0.25) is 0 Å². The zero-order valence-electron chi connectivity index (χ0n) is 66.1. The van der Waals surface area contributed by atoms with Crippen LogP contribution in [0, 0.1) is 0 Å². The van der Waals surface area contributed by atoms with E-state index in [9.17, 15) is 0 Å². The summed E-state index contributed by atoms with van der Waals surface area (Å²) in [4.78, 5) is 0. The van der Waals surface area contributed by atoms with Crippen molar-refractivity contribution in [2.45, 2.75) is 0 Å². The lowest BCUT2D eigenvalue weighted by atomic mass is 9.98. The largest absolute Gasteiger partial charge is 0.308 e. The minimum Gasteiger partial charge on any atom is -0.308 e. The van der Waals surface area contributed by atoms with Crippen molar-refractivity contribution in [2.24, 2.45) is 0 Å². The third-order valence-corrected chi connectivity index (χ3v) is 32.0. The predicted molar refractivity (Wildman–Crippen MR) is 540 cm³/mol. The van der Waals surface area contributed by atoms with Crippen LogP contribution in [0.3, 0.4) is 0 Å². The molecule has 0 saturated heterocycles. The highest BCUT2D eigenvalue weighted by molar-refractivity contribution is 7.29. The maximum Gasteiger partial charge on any atom is 0.0727 e. The van der Waals surface area contributed by atoms with Gasteiger partial charge in [0.25, 0.3) is 0 Å². The van der Waals surface area contributed by atoms with E-state index in [-0.39, 0.29) is 0 Å². The van der Waals surface area contributed by atoms with Crippen LogP contribution in [0.15, 0.2) is 419 Å². The summed E-state index contributed by atoms with van der Waals surface area (Å²) in [7, 11) is 0. The third kappa shape index (κ3) is 11.8. The Labute approximate surface area is 731 Å². The fourth-order valence-corrected chi connectivity index (χ4v) is 26.5. The van der Waals surface area contributed by atoms with Gasteiger partial charge >= 0.3 is 0 Å². The molecule has 9 heterocycles. The first-order valence-electron chi connectivity index (χ1n) is 41.6. The van der Waals surface area contributed by atoms with E-state index in [0.717, 1.165) is 0 Å². The summed E-state index contributed by atoms with van der Waals surface area (Å²) in [6.07, 6.45) is 0. The fraction of sp³-hybridized carbons (Fsp3) is 0. The van der Waals surface area contributed by atoms with E-state index < -0.39 is 0 Å². The second kappa shape index (κ2) is 29.4. The second-order valence-corrected chi connectivity index (χ2v) is 37.9. The van der Waals surface area contributed by atoms with E-state index in [2.05, 4.69) is 432 Å². The van der Waals surface area contributed by atoms with Crippen molar-refractivity contribution in [3.8, 4) is 83.8 Å². The SMILES string of the molecule is c1ccc(-n2c3ccccc3c3sc4c(-c5ccc(-c6ccc7c(c6)sc6ccccc67)cc5)cccc4c32)cc1.c1ccc(-n2c3ccccc3c3sc4c(-c5ccc(-c6ccc7sc8ccccc8c7c6)cc5)cccc4c32)cc1.c1ccc(-n2c3ccccc3c3sc4c(-c5ccc(-c6cccc7c6sc6ccccc67)cc5)cccc4c32)cc1. The number of rotatable bonds is 9. The molecule has 0 spiro atoms. The molecule has 18 aromatic carbocycles. The van der Waals surface area contributed by atoms with E-state index in [4.69, 9.17) is 0 Å². The van der Waals surface area contributed by atoms with Crippen LogP contribution in [0.5, 0.6) is 0 Å². The van der Waals surface area contributed by atoms with Gasteiger partial charge in [-0.1, -0.05) is 328 Å². The van der Waals surface area contributed by atoms with Crippen molar-refractivity contribution >= 4 is 222 Å². The van der Waals surface area contributed by atoms with Gasteiger partial charge in [0.1, 0.15) is 0 Å². The molecule has 27 rings (SSSR count). The summed E-state index contributed by atoms with van der Waals surface area (Å²) >= 11 is 11.4. The van der Waals surface area contributed by atoms with Gasteiger partial charge in [0, 0.05) is 124 Å². The Hall–Kier alpha value is -14.1. The van der Waals surface area contributed by atoms with Gasteiger partial charge in [-0.15, -0.1) is 68.0 Å². The van der Waals surface area contributed by atoms with Gasteiger partial charge in [-0.05, 0) is 158 Å². The van der Waals surface area contributed by atoms with Gasteiger partial charge < -0.3 is 13.7 Å². The van der Waals surface area contributed by atoms with Crippen molar-refractivity contribution in [2.75, 3.05) is 0 Å². The van der Waals surface area contributed by atoms with E-state index in [0.29, 0.717) is 0 Å². The molecule has 0 aliphatic heterocycles. The Morgan fingerprint density at radius 1 is 0.138 bits per heavy atom. The normalized spacial score (nSPS) is 11.9. The monoisotopic (exact) mass is 1670 g/mol. The number of hydrogen-bond acceptors (Lipinski definition) is 6. The molecule has 0 aliphatic rings. The first kappa shape index (κ1) is 71.8. The molecule has 0 fully saturated rings. The molecule has 0 atom stereocenters. The zero-order chi connectivity index (χ0) is 80.7. The van der Waals surface area contributed by atoms with Crippen molar-refractivity contribution < 1.29 is 0 Å². The summed E-state index contributed by atoms with van der Waals surface area (Å²) in [5.74, 6) is 0. The number of hydrogen-bond donors (Lipinski definition) is 0. The number of benzene rings is 18. The van der Waals surface area contributed by atoms with Crippen molar-refractivity contribution in [3.63, 3.8) is 0 Å². The van der Waals surface area contributed by atoms with E-state index in [1.807, 2.05) is 68.0 Å². The fourth-order valence-electron chi connectivity index (χ4n) is 19.0. The molecule has 576 valence electrons. The van der Waals surface area contributed by atoms with Crippen molar-refractivity contribution in [3.05, 3.63) is 419 Å². The van der Waals surface area contributed by atoms with Crippen LogP contribution in [0.2, 0.25) is 0 Å². The molecule has 0 saturated carbocycles. The Morgan fingerprint density at radius 2 is 0.407 bits per heavy atom. The Bertz CT molecular complexity index is 8830. The van der Waals surface area contributed by atoms with Crippen LogP contribution in [-0.4, -0.2) is 13.7 Å². The standard InChI is InChI=1S/3C38H23NS2/c1-2-10-26(11-3-1)39-33-18-6-4-13-31(33)38-35(39)32-17-9-15-28(37(32)41-38)25-22-20-24(21-23-25)27-14-8-16-30-29-12-5-7-19-34(29)40-36(27)30;1-2-9-27(10-3-1)39-33-15-6-4-12-31(33)38-36(39)32-14-8-13-28(37(32)41-38)25-19-17-24(18-20-25)26-21-22-30-29-11-5-7-16-34(29)40-35(30)23-26;1-2-9-27(10-3-1)39-33-15-6-4-12-30(33)38-36(39)31-14-8-13-28(37(31)41-38)25-19-17-24(18-20-25)26-21-22-35-32(23-26)29-11-5-7-16-34(29)40-35/h3*1-23H. The summed E-state index contributed by atoms with van der Waals surface area (Å²) in [5.41, 5.74) is 26.5. The number of thiophene rings is 6. The molecule has 0 unspecified atom stereocenters. The molecule has 3 nitrogen and oxygen atoms in total. The first-order chi connectivity index (χ1) is 61.0. The molecule has 0 N–H and O–H groups in total. The van der Waals surface area contributed by atoms with Crippen LogP contribution >= 0.6 is 68.0 Å². The topological polar surface area (TPSA) is 14.8 Å². The molecule has 0 bridgehead atoms. The summed E-state index contributed by atoms with van der Waals surface area (Å²) in [5, 5.41) is 15.9. The van der Waals surface area contributed by atoms with E-state index >= 15 is 0 Å². The lowest BCUT2D eigenvalue weighted by Crippen LogP contribution is -1.92. The van der Waals surface area contributed by atoms with E-state index in [1.165, 1.54) is 238 Å². The van der Waals surface area contributed by atoms with Crippen LogP contribution < -0.4 is 0 Å². The Balaban J connectivity index is 0.000000101. The minimum atomic E-state index is 1.20. The highest BCUT2D eigenvalue weighted by Crippen LogP contribution is 2.51. The number of para-hydroxylation sites is 6. The van der Waals surface area contributed by atoms with Gasteiger partial charge in [-0.25, -0.2) is 0 Å². The van der Waals surface area contributed by atoms with Gasteiger partial charge in [0.15, 0.2) is 0 Å². The second-order valence-electron chi connectivity index (χ2n) is 31.6. The third-order valence-electron chi connectivity index (χ3n) is 24.7. The van der Waals surface area contributed by atoms with Crippen molar-refractivity contribution in [1.82, 2.24) is 13.7 Å². The van der Waals surface area contributed by atoms with Crippen molar-refractivity contribution in [1.29, 1.82) is 0 Å². The van der Waals surface area contributed by atoms with Crippen LogP contribution in [0.4, 0.5) is 0 Å². The van der Waals surface area contributed by atoms with Gasteiger partial charge in [-0.2, -0.15) is 0 Å². The molecule has 9 aromatic heterocycles. The molecule has 0 amide bonds. The van der Waals surface area contributed by atoms with Crippen LogP contribution in [0.1, 0.15) is 0 Å². The number of aromatic nitrogens is 3. The smallest absolute Gasteiger partial charge is 0.0727 e. The Morgan fingerprint density at radius 3 is 0.813 bits per heavy atom. The maximum atomic E-state index is 2.43. The first-order valence-corrected chi connectivity index (χ1v) is 46.5. The molecule has 0 aliphatic carbocycles. The highest BCUT2D eigenvalue weighted by atomic mass is 32.1. The molecule has 9 heteroatoms. The lowest BCUT2D eigenvalue weighted by molar-refractivity contribution is 1.19. The summed E-state index contributed by atoms with van der Waals surface area (Å²) < 4.78 is 23.4. The maximum absolute atomic E-state index is 2.43. The van der Waals surface area contributed by atoms with Gasteiger partial charge in [0.2, 0.25) is 0 Å². The predicted octanol–water partition coefficient (Wildman–Crippen LogP) is 35.1. The summed E-state index contributed by atoms with van der Waals surface area (Å²) in [6, 6.07) is 153. The van der Waals surface area contributed by atoms with Crippen LogP contribution in [-0.2, 0) is 0 Å². The number of fused-ring (bicyclic) bond motifs is 24. The lowest BCUT2D eigenvalue weighted by Gasteiger charge is -2.09. The molecule has 0 radical (unpaired) electrons. The average Bonchev–Trinajstić information content (AvgIpc) is 1.57. The Kier molecular flexibility index (Phi) is 17.1. The minimum absolute atomic E-state index is 1.20. The molecular weight excluding hydrogens is 1600 g/mol. The highest BCUT2D eigenvalue weighted by Gasteiger charge is 2.25. The van der Waals surface area contributed by atoms with Crippen LogP contribution in [0.25, 0.3) is 238 Å². The summed E-state index contributed by atoms with van der Waals surface area (Å²) in [6.45, 7) is 0. The van der Waals surface area contributed by atoms with E-state index in [1.54, 1.807) is 0 Å². The average molecular weight is 1670 g/mol. The zero-order valence-corrected chi connectivity index (χ0v) is 71.0. The van der Waals surface area contributed by atoms with Gasteiger partial charge in [0.05, 0.1) is 47.2 Å². The molecule has 123 heavy (non-hydrogen) atoms. The quantitative estimate of drug-likeness (QED) is 0.137.